The Balaban J connectivity index is 1.45. The van der Waals surface area contributed by atoms with Crippen LogP contribution in [0.3, 0.4) is 0 Å². The average Bonchev–Trinajstić information content (AvgIpc) is 3.75. The Hall–Kier alpha value is -3.68. The number of rotatable bonds is 8. The molecule has 2 aliphatic rings. The van der Waals surface area contributed by atoms with Crippen LogP contribution in [-0.2, 0) is 35.8 Å². The van der Waals surface area contributed by atoms with Gasteiger partial charge in [0.1, 0.15) is 0 Å². The molecular formula is C45H47Hf. The second-order valence-electron chi connectivity index (χ2n) is 15.8. The van der Waals surface area contributed by atoms with Crippen molar-refractivity contribution >= 4 is 15.9 Å². The fourth-order valence-electron chi connectivity index (χ4n) is 9.02. The summed E-state index contributed by atoms with van der Waals surface area (Å²) in [5.74, 6) is 0. The molecule has 0 bridgehead atoms. The van der Waals surface area contributed by atoms with E-state index in [2.05, 4.69) is 171 Å². The SMILES string of the molecule is CCc1ccccc1-c1cccc2c1C=C[CH]2[Hf]([CH3])([CH3])([CH3])(=[CH]Cc1ccccc1)[CH]1C=Cc2c(-c3ccccc3CC)cccc21. The van der Waals surface area contributed by atoms with Crippen LogP contribution in [0.15, 0.2) is 127 Å². The summed E-state index contributed by atoms with van der Waals surface area (Å²) >= 11 is -4.69. The molecular weight excluding hydrogens is 719 g/mol. The Labute approximate surface area is 273 Å². The molecule has 0 saturated heterocycles. The van der Waals surface area contributed by atoms with Gasteiger partial charge in [-0.2, -0.15) is 0 Å². The normalized spacial score (nSPS) is 18.1. The van der Waals surface area contributed by atoms with Gasteiger partial charge >= 0.3 is 276 Å². The predicted molar refractivity (Wildman–Crippen MR) is 200 cm³/mol. The molecule has 0 nitrogen and oxygen atoms in total. The summed E-state index contributed by atoms with van der Waals surface area (Å²) in [7, 11) is 0. The zero-order valence-electron chi connectivity index (χ0n) is 28.1. The van der Waals surface area contributed by atoms with E-state index in [4.69, 9.17) is 0 Å². The van der Waals surface area contributed by atoms with Crippen molar-refractivity contribution < 1.29 is 16.5 Å². The summed E-state index contributed by atoms with van der Waals surface area (Å²) < 4.78 is 11.9. The van der Waals surface area contributed by atoms with E-state index in [0.717, 1.165) is 19.3 Å². The van der Waals surface area contributed by atoms with Gasteiger partial charge in [0.2, 0.25) is 0 Å². The topological polar surface area (TPSA) is 0 Å². The van der Waals surface area contributed by atoms with Crippen LogP contribution in [0.2, 0.25) is 14.0 Å². The summed E-state index contributed by atoms with van der Waals surface area (Å²) in [6.07, 6.45) is 13.2. The molecule has 2 unspecified atom stereocenters. The molecule has 0 amide bonds. The number of hydrogen-bond donors (Lipinski definition) is 0. The number of fused-ring (bicyclic) bond motifs is 2. The van der Waals surface area contributed by atoms with Crippen LogP contribution < -0.4 is 0 Å². The van der Waals surface area contributed by atoms with Gasteiger partial charge < -0.3 is 0 Å². The standard InChI is InChI=1S/2C17H15.C8H8.3CH3.Hf/c2*1-2-13-7-3-4-10-15(13)17-12-6-9-14-8-5-11-16(14)17;1-2-8-6-4-3-5-7-8;;;;/h2*3-12H,2H2,1H3;1,3-7H,2H2;3*1H3;. The molecule has 0 radical (unpaired) electrons. The van der Waals surface area contributed by atoms with E-state index in [9.17, 15) is 0 Å². The molecule has 5 aromatic rings. The molecule has 2 aliphatic carbocycles. The summed E-state index contributed by atoms with van der Waals surface area (Å²) in [6, 6.07) is 43.2. The summed E-state index contributed by atoms with van der Waals surface area (Å²) in [6.45, 7) is 4.54. The van der Waals surface area contributed by atoms with Crippen LogP contribution in [0, 0.1) is 0 Å². The van der Waals surface area contributed by atoms with E-state index in [0.29, 0.717) is 7.35 Å². The molecule has 0 aliphatic heterocycles. The first kappa shape index (κ1) is 30.9. The average molecular weight is 766 g/mol. The van der Waals surface area contributed by atoms with Gasteiger partial charge in [-0.15, -0.1) is 0 Å². The van der Waals surface area contributed by atoms with Crippen molar-refractivity contribution in [3.8, 4) is 22.3 Å². The number of allylic oxidation sites excluding steroid dienone is 2. The first-order valence-corrected chi connectivity index (χ1v) is 34.3. The molecule has 0 fully saturated rings. The van der Waals surface area contributed by atoms with Crippen molar-refractivity contribution in [2.24, 2.45) is 0 Å². The third kappa shape index (κ3) is 4.94. The maximum atomic E-state index is 2.87. The van der Waals surface area contributed by atoms with E-state index in [1.54, 1.807) is 0 Å². The molecule has 46 heavy (non-hydrogen) atoms. The van der Waals surface area contributed by atoms with Crippen molar-refractivity contribution in [1.82, 2.24) is 0 Å². The Morgan fingerprint density at radius 1 is 0.500 bits per heavy atom. The molecule has 0 heterocycles. The summed E-state index contributed by atoms with van der Waals surface area (Å²) in [5.41, 5.74) is 15.6. The van der Waals surface area contributed by atoms with Crippen LogP contribution in [0.25, 0.3) is 34.4 Å². The van der Waals surface area contributed by atoms with E-state index < -0.39 is 16.5 Å². The van der Waals surface area contributed by atoms with Gasteiger partial charge in [0.05, 0.1) is 0 Å². The minimum absolute atomic E-state index is 0.370. The monoisotopic (exact) mass is 767 g/mol. The minimum atomic E-state index is -4.69. The van der Waals surface area contributed by atoms with Crippen LogP contribution >= 0.6 is 0 Å². The molecule has 1 heteroatoms. The summed E-state index contributed by atoms with van der Waals surface area (Å²) in [4.78, 5) is 0. The molecule has 0 spiro atoms. The van der Waals surface area contributed by atoms with E-state index in [1.165, 1.54) is 61.2 Å². The first-order chi connectivity index (χ1) is 22.2. The molecule has 2 atom stereocenters. The van der Waals surface area contributed by atoms with Gasteiger partial charge in [-0.3, -0.25) is 0 Å². The van der Waals surface area contributed by atoms with Gasteiger partial charge in [-0.05, 0) is 0 Å². The zero-order chi connectivity index (χ0) is 32.0. The Kier molecular flexibility index (Phi) is 7.56. The van der Waals surface area contributed by atoms with Gasteiger partial charge in [-0.25, -0.2) is 0 Å². The molecule has 5 aromatic carbocycles. The third-order valence-corrected chi connectivity index (χ3v) is 40.9. The Morgan fingerprint density at radius 2 is 0.935 bits per heavy atom. The molecule has 0 saturated carbocycles. The Morgan fingerprint density at radius 3 is 1.41 bits per heavy atom. The number of benzene rings is 5. The fourth-order valence-corrected chi connectivity index (χ4v) is 33.7. The van der Waals surface area contributed by atoms with Crippen molar-refractivity contribution in [2.75, 3.05) is 0 Å². The first-order valence-electron chi connectivity index (χ1n) is 17.3. The van der Waals surface area contributed by atoms with Gasteiger partial charge in [-0.1, -0.05) is 0 Å². The van der Waals surface area contributed by atoms with Crippen molar-refractivity contribution in [2.45, 2.75) is 54.5 Å². The maximum absolute atomic E-state index is 4.69. The molecule has 231 valence electrons. The fraction of sp³-hybridized carbons (Fsp3) is 0.222. The van der Waals surface area contributed by atoms with Gasteiger partial charge in [0.25, 0.3) is 0 Å². The second-order valence-corrected chi connectivity index (χ2v) is 54.8. The van der Waals surface area contributed by atoms with Crippen LogP contribution in [-0.4, -0.2) is 3.76 Å². The van der Waals surface area contributed by atoms with E-state index in [-0.39, 0.29) is 0 Å². The van der Waals surface area contributed by atoms with Gasteiger partial charge in [0.15, 0.2) is 0 Å². The van der Waals surface area contributed by atoms with Crippen LogP contribution in [0.5, 0.6) is 0 Å². The Bertz CT molecular complexity index is 1980. The van der Waals surface area contributed by atoms with Crippen molar-refractivity contribution in [1.29, 1.82) is 0 Å². The third-order valence-electron chi connectivity index (χ3n) is 11.9. The van der Waals surface area contributed by atoms with Crippen LogP contribution in [0.1, 0.15) is 60.1 Å². The quantitative estimate of drug-likeness (QED) is 0.138. The second kappa shape index (κ2) is 11.2. The van der Waals surface area contributed by atoms with E-state index >= 15 is 0 Å². The number of aryl methyl sites for hydroxylation is 2. The summed E-state index contributed by atoms with van der Waals surface area (Å²) in [5, 5.41) is 0. The van der Waals surface area contributed by atoms with Crippen LogP contribution in [0.4, 0.5) is 0 Å². The van der Waals surface area contributed by atoms with Crippen molar-refractivity contribution in [3.05, 3.63) is 166 Å². The molecule has 0 N–H and O–H groups in total. The number of hydrogen-bond acceptors (Lipinski definition) is 0. The van der Waals surface area contributed by atoms with Gasteiger partial charge in [0, 0.05) is 0 Å². The van der Waals surface area contributed by atoms with E-state index in [1.807, 2.05) is 0 Å². The predicted octanol–water partition coefficient (Wildman–Crippen LogP) is 12.4. The molecule has 0 aromatic heterocycles. The molecule has 7 rings (SSSR count). The van der Waals surface area contributed by atoms with Crippen molar-refractivity contribution in [3.63, 3.8) is 0 Å². The zero-order valence-corrected chi connectivity index (χ0v) is 31.7.